The standard InChI is InChI=1S/C46H31N5O2/c1-3-12-28(13-4-1)30-22-25-39-36(26-30)32-16-7-9-20-38(32)51(39)31-23-24-33-34-17-11-18-35(42(34)52-41(33)27-31)44-48-43(29-14-5-2-6-15-29)49-45(50-44)46-47-37-19-8-10-21-40(37)53-46/h1-27,44,46-47H,(H,48,49,50). The molecule has 252 valence electrons. The molecule has 2 aliphatic rings. The summed E-state index contributed by atoms with van der Waals surface area (Å²) in [5.74, 6) is 2.16. The summed E-state index contributed by atoms with van der Waals surface area (Å²) in [6.45, 7) is 0. The van der Waals surface area contributed by atoms with E-state index in [1.807, 2.05) is 54.6 Å². The highest BCUT2D eigenvalue weighted by Gasteiger charge is 2.32. The minimum absolute atomic E-state index is 0.489. The topological polar surface area (TPSA) is 76.1 Å². The van der Waals surface area contributed by atoms with Crippen LogP contribution in [-0.2, 0) is 0 Å². The van der Waals surface area contributed by atoms with Gasteiger partial charge >= 0.3 is 0 Å². The van der Waals surface area contributed by atoms with E-state index in [0.717, 1.165) is 67.1 Å². The Hall–Kier alpha value is -7.12. The molecule has 0 aliphatic carbocycles. The molecule has 2 atom stereocenters. The summed E-state index contributed by atoms with van der Waals surface area (Å²) in [6, 6.07) is 56.7. The van der Waals surface area contributed by atoms with Crippen molar-refractivity contribution < 1.29 is 9.15 Å². The number of nitrogens with zero attached hydrogens (tertiary/aromatic N) is 3. The molecule has 9 aromatic rings. The summed E-state index contributed by atoms with van der Waals surface area (Å²) in [6.07, 6.45) is -1.05. The molecule has 2 aromatic heterocycles. The zero-order valence-corrected chi connectivity index (χ0v) is 28.4. The van der Waals surface area contributed by atoms with Crippen molar-refractivity contribution in [3.8, 4) is 22.6 Å². The van der Waals surface area contributed by atoms with Crippen LogP contribution >= 0.6 is 0 Å². The van der Waals surface area contributed by atoms with Crippen LogP contribution < -0.4 is 15.4 Å². The van der Waals surface area contributed by atoms with E-state index in [9.17, 15) is 0 Å². The molecule has 0 spiro atoms. The van der Waals surface area contributed by atoms with Crippen molar-refractivity contribution >= 4 is 61.1 Å². The van der Waals surface area contributed by atoms with E-state index < -0.39 is 12.4 Å². The number of hydrogen-bond acceptors (Lipinski definition) is 6. The molecule has 0 amide bonds. The number of aromatic nitrogens is 1. The zero-order chi connectivity index (χ0) is 34.9. The summed E-state index contributed by atoms with van der Waals surface area (Å²) >= 11 is 0. The van der Waals surface area contributed by atoms with Crippen molar-refractivity contribution in [1.82, 2.24) is 9.88 Å². The van der Waals surface area contributed by atoms with Gasteiger partial charge in [0.05, 0.1) is 16.7 Å². The Morgan fingerprint density at radius 2 is 1.30 bits per heavy atom. The number of aliphatic imine (C=N–C) groups is 2. The van der Waals surface area contributed by atoms with Crippen LogP contribution in [0.5, 0.6) is 5.75 Å². The summed E-state index contributed by atoms with van der Waals surface area (Å²) < 4.78 is 15.4. The quantitative estimate of drug-likeness (QED) is 0.189. The fourth-order valence-electron chi connectivity index (χ4n) is 7.81. The van der Waals surface area contributed by atoms with Crippen LogP contribution in [0, 0.1) is 0 Å². The SMILES string of the molecule is c1ccc(C2=NC(c3cccc4c3oc3cc(-n5c6ccccc6c6cc(-c7ccccc7)ccc65)ccc34)N=C(C3Nc4ccccc4O3)N2)cc1. The Balaban J connectivity index is 1.04. The van der Waals surface area contributed by atoms with Crippen LogP contribution in [0.3, 0.4) is 0 Å². The summed E-state index contributed by atoms with van der Waals surface area (Å²) in [5, 5.41) is 11.4. The molecule has 0 saturated carbocycles. The van der Waals surface area contributed by atoms with Gasteiger partial charge in [-0.1, -0.05) is 115 Å². The second-order valence-corrected chi connectivity index (χ2v) is 13.5. The fraction of sp³-hybridized carbons (Fsp3) is 0.0435. The second kappa shape index (κ2) is 11.7. The predicted octanol–water partition coefficient (Wildman–Crippen LogP) is 10.6. The van der Waals surface area contributed by atoms with Crippen molar-refractivity contribution in [2.45, 2.75) is 12.4 Å². The van der Waals surface area contributed by atoms with E-state index in [1.54, 1.807) is 0 Å². The van der Waals surface area contributed by atoms with Crippen LogP contribution in [0.1, 0.15) is 17.3 Å². The fourth-order valence-corrected chi connectivity index (χ4v) is 7.81. The molecule has 0 bridgehead atoms. The number of amidine groups is 2. The van der Waals surface area contributed by atoms with E-state index in [-0.39, 0.29) is 0 Å². The summed E-state index contributed by atoms with van der Waals surface area (Å²) in [4.78, 5) is 10.3. The number of furan rings is 1. The maximum atomic E-state index is 6.81. The lowest BCUT2D eigenvalue weighted by molar-refractivity contribution is 0.315. The van der Waals surface area contributed by atoms with Gasteiger partial charge in [-0.25, -0.2) is 9.98 Å². The molecular formula is C46H31N5O2. The average molecular weight is 686 g/mol. The molecule has 11 rings (SSSR count). The number of rotatable bonds is 5. The van der Waals surface area contributed by atoms with Gasteiger partial charge in [-0.15, -0.1) is 0 Å². The van der Waals surface area contributed by atoms with Crippen LogP contribution in [0.15, 0.2) is 178 Å². The van der Waals surface area contributed by atoms with Gasteiger partial charge in [0.25, 0.3) is 0 Å². The first kappa shape index (κ1) is 29.6. The van der Waals surface area contributed by atoms with Crippen LogP contribution in [0.4, 0.5) is 5.69 Å². The molecule has 2 aliphatic heterocycles. The first-order chi connectivity index (χ1) is 26.2. The molecule has 7 nitrogen and oxygen atoms in total. The molecule has 7 aromatic carbocycles. The van der Waals surface area contributed by atoms with Gasteiger partial charge in [0.2, 0.25) is 6.23 Å². The van der Waals surface area contributed by atoms with Gasteiger partial charge in [-0.05, 0) is 53.6 Å². The van der Waals surface area contributed by atoms with Crippen LogP contribution in [-0.4, -0.2) is 22.5 Å². The van der Waals surface area contributed by atoms with Gasteiger partial charge in [-0.2, -0.15) is 0 Å². The molecule has 2 N–H and O–H groups in total. The monoisotopic (exact) mass is 685 g/mol. The molecule has 0 saturated heterocycles. The van der Waals surface area contributed by atoms with Gasteiger partial charge < -0.3 is 24.4 Å². The van der Waals surface area contributed by atoms with Crippen molar-refractivity contribution in [3.05, 3.63) is 175 Å². The lowest BCUT2D eigenvalue weighted by atomic mass is 10.0. The van der Waals surface area contributed by atoms with Crippen LogP contribution in [0.2, 0.25) is 0 Å². The number of nitrogens with one attached hydrogen (secondary N) is 2. The Labute approximate surface area is 304 Å². The number of para-hydroxylation sites is 4. The van der Waals surface area contributed by atoms with Crippen LogP contribution in [0.25, 0.3) is 60.6 Å². The Bertz CT molecular complexity index is 2920. The van der Waals surface area contributed by atoms with E-state index in [1.165, 1.54) is 21.9 Å². The number of ether oxygens (including phenoxy) is 1. The molecule has 0 fully saturated rings. The molecular weight excluding hydrogens is 655 g/mol. The number of anilines is 1. The second-order valence-electron chi connectivity index (χ2n) is 13.5. The first-order valence-corrected chi connectivity index (χ1v) is 17.8. The van der Waals surface area contributed by atoms with Crippen molar-refractivity contribution in [3.63, 3.8) is 0 Å². The number of hydrogen-bond donors (Lipinski definition) is 2. The predicted molar refractivity (Wildman–Crippen MR) is 214 cm³/mol. The highest BCUT2D eigenvalue weighted by Crippen LogP contribution is 2.40. The minimum atomic E-state index is -0.560. The zero-order valence-electron chi connectivity index (χ0n) is 28.4. The summed E-state index contributed by atoms with van der Waals surface area (Å²) in [5.41, 5.74) is 10.1. The van der Waals surface area contributed by atoms with Crippen molar-refractivity contribution in [2.75, 3.05) is 5.32 Å². The van der Waals surface area contributed by atoms with E-state index in [2.05, 4.69) is 124 Å². The third-order valence-electron chi connectivity index (χ3n) is 10.3. The highest BCUT2D eigenvalue weighted by molar-refractivity contribution is 6.14. The van der Waals surface area contributed by atoms with Gasteiger partial charge in [0.1, 0.15) is 22.8 Å². The normalized spacial score (nSPS) is 16.6. The Kier molecular flexibility index (Phi) is 6.54. The lowest BCUT2D eigenvalue weighted by Crippen LogP contribution is -2.46. The molecule has 2 unspecified atom stereocenters. The minimum Gasteiger partial charge on any atom is -0.461 e. The van der Waals surface area contributed by atoms with Gasteiger partial charge in [0.15, 0.2) is 12.0 Å². The van der Waals surface area contributed by atoms with Crippen molar-refractivity contribution in [1.29, 1.82) is 0 Å². The Morgan fingerprint density at radius 1 is 0.547 bits per heavy atom. The van der Waals surface area contributed by atoms with Gasteiger partial charge in [0, 0.05) is 44.4 Å². The largest absolute Gasteiger partial charge is 0.461 e. The highest BCUT2D eigenvalue weighted by atomic mass is 16.5. The van der Waals surface area contributed by atoms with E-state index in [0.29, 0.717) is 5.84 Å². The lowest BCUT2D eigenvalue weighted by Gasteiger charge is -2.25. The molecule has 53 heavy (non-hydrogen) atoms. The third-order valence-corrected chi connectivity index (χ3v) is 10.3. The first-order valence-electron chi connectivity index (χ1n) is 17.8. The average Bonchev–Trinajstić information content (AvgIpc) is 3.93. The maximum Gasteiger partial charge on any atom is 0.228 e. The number of benzene rings is 7. The van der Waals surface area contributed by atoms with E-state index in [4.69, 9.17) is 19.1 Å². The van der Waals surface area contributed by atoms with Crippen molar-refractivity contribution in [2.24, 2.45) is 9.98 Å². The number of fused-ring (bicyclic) bond motifs is 7. The molecule has 4 heterocycles. The summed E-state index contributed by atoms with van der Waals surface area (Å²) in [7, 11) is 0. The molecule has 7 heteroatoms. The third kappa shape index (κ3) is 4.82. The molecule has 0 radical (unpaired) electrons. The smallest absolute Gasteiger partial charge is 0.228 e. The van der Waals surface area contributed by atoms with E-state index >= 15 is 0 Å². The van der Waals surface area contributed by atoms with Gasteiger partial charge in [-0.3, -0.25) is 0 Å². The maximum absolute atomic E-state index is 6.81. The Morgan fingerprint density at radius 3 is 2.17 bits per heavy atom.